The molecule has 4 nitrogen and oxygen atoms in total. The molecule has 0 saturated heterocycles. The van der Waals surface area contributed by atoms with Gasteiger partial charge in [0.25, 0.3) is 0 Å². The van der Waals surface area contributed by atoms with Crippen molar-refractivity contribution in [2.24, 2.45) is 0 Å². The van der Waals surface area contributed by atoms with E-state index in [0.717, 1.165) is 18.2 Å². The van der Waals surface area contributed by atoms with Gasteiger partial charge in [0.2, 0.25) is 10.0 Å². The molecule has 0 atom stereocenters. The molecular weight excluding hydrogens is 250 g/mol. The smallest absolute Gasteiger partial charge is 0.246 e. The Morgan fingerprint density at radius 1 is 1.24 bits per heavy atom. The van der Waals surface area contributed by atoms with Gasteiger partial charge in [0.15, 0.2) is 4.90 Å². The molecule has 17 heavy (non-hydrogen) atoms. The maximum atomic E-state index is 13.3. The van der Waals surface area contributed by atoms with Gasteiger partial charge in [0, 0.05) is 13.1 Å². The zero-order valence-electron chi connectivity index (χ0n) is 9.57. The van der Waals surface area contributed by atoms with E-state index >= 15 is 0 Å². The summed E-state index contributed by atoms with van der Waals surface area (Å²) in [7, 11) is -0.620. The maximum Gasteiger partial charge on any atom is 0.246 e. The highest BCUT2D eigenvalue weighted by atomic mass is 32.2. The summed E-state index contributed by atoms with van der Waals surface area (Å²) in [5, 5.41) is 0. The van der Waals surface area contributed by atoms with E-state index < -0.39 is 26.6 Å². The van der Waals surface area contributed by atoms with E-state index in [4.69, 9.17) is 0 Å². The lowest BCUT2D eigenvalue weighted by atomic mass is 10.3. The Labute approximate surface area is 99.3 Å². The fourth-order valence-electron chi connectivity index (χ4n) is 1.22. The number of benzene rings is 1. The second-order valence-electron chi connectivity index (χ2n) is 3.75. The average Bonchev–Trinajstić information content (AvgIpc) is 2.15. The highest BCUT2D eigenvalue weighted by Crippen LogP contribution is 2.17. The zero-order chi connectivity index (χ0) is 13.1. The summed E-state index contributed by atoms with van der Waals surface area (Å²) in [6, 6.07) is 2.93. The number of halogens is 2. The van der Waals surface area contributed by atoms with Gasteiger partial charge < -0.3 is 4.90 Å². The van der Waals surface area contributed by atoms with Crippen LogP contribution in [0.3, 0.4) is 0 Å². The van der Waals surface area contributed by atoms with Crippen molar-refractivity contribution in [3.63, 3.8) is 0 Å². The van der Waals surface area contributed by atoms with Gasteiger partial charge in [-0.25, -0.2) is 21.9 Å². The zero-order valence-corrected chi connectivity index (χ0v) is 10.4. The first kappa shape index (κ1) is 14.0. The van der Waals surface area contributed by atoms with Crippen LogP contribution < -0.4 is 4.72 Å². The van der Waals surface area contributed by atoms with E-state index in [0.29, 0.717) is 6.54 Å². The van der Waals surface area contributed by atoms with Gasteiger partial charge in [-0.1, -0.05) is 6.07 Å². The minimum Gasteiger partial charge on any atom is -0.308 e. The third-order valence-electron chi connectivity index (χ3n) is 2.04. The number of hydrogen-bond donors (Lipinski definition) is 1. The van der Waals surface area contributed by atoms with Crippen molar-refractivity contribution in [3.05, 3.63) is 29.8 Å². The standard InChI is InChI=1S/C10H14F2N2O2S/c1-14(2)7-6-13-17(15,16)10-8(11)4-3-5-9(10)12/h3-5,13H,6-7H2,1-2H3. The maximum absolute atomic E-state index is 13.3. The fraction of sp³-hybridized carbons (Fsp3) is 0.400. The molecule has 0 bridgehead atoms. The molecule has 96 valence electrons. The Hall–Kier alpha value is -1.05. The molecule has 0 aliphatic carbocycles. The van der Waals surface area contributed by atoms with Gasteiger partial charge in [-0.15, -0.1) is 0 Å². The summed E-state index contributed by atoms with van der Waals surface area (Å²) in [6.45, 7) is 0.526. The summed E-state index contributed by atoms with van der Waals surface area (Å²) in [4.78, 5) is 0.819. The summed E-state index contributed by atoms with van der Waals surface area (Å²) in [5.41, 5.74) is 0. The van der Waals surface area contributed by atoms with Crippen LogP contribution in [0.4, 0.5) is 8.78 Å². The molecule has 0 amide bonds. The number of hydrogen-bond acceptors (Lipinski definition) is 3. The topological polar surface area (TPSA) is 49.4 Å². The highest BCUT2D eigenvalue weighted by molar-refractivity contribution is 7.89. The molecule has 1 aromatic rings. The summed E-state index contributed by atoms with van der Waals surface area (Å²) >= 11 is 0. The molecule has 0 radical (unpaired) electrons. The van der Waals surface area contributed by atoms with Crippen LogP contribution in [0.25, 0.3) is 0 Å². The van der Waals surface area contributed by atoms with Crippen molar-refractivity contribution in [2.75, 3.05) is 27.2 Å². The first-order valence-electron chi connectivity index (χ1n) is 4.93. The molecular formula is C10H14F2N2O2S. The average molecular weight is 264 g/mol. The molecule has 0 heterocycles. The Bertz CT molecular complexity index is 469. The number of rotatable bonds is 5. The Kier molecular flexibility index (Phi) is 4.55. The van der Waals surface area contributed by atoms with E-state index in [-0.39, 0.29) is 6.54 Å². The number of likely N-dealkylation sites (N-methyl/N-ethyl adjacent to an activating group) is 1. The summed E-state index contributed by atoms with van der Waals surface area (Å²) in [6.07, 6.45) is 0. The van der Waals surface area contributed by atoms with Crippen LogP contribution >= 0.6 is 0 Å². The Morgan fingerprint density at radius 3 is 2.24 bits per heavy atom. The first-order chi connectivity index (χ1) is 7.84. The van der Waals surface area contributed by atoms with Crippen LogP contribution in [-0.2, 0) is 10.0 Å². The second-order valence-corrected chi connectivity index (χ2v) is 5.46. The van der Waals surface area contributed by atoms with Crippen LogP contribution in [-0.4, -0.2) is 40.5 Å². The van der Waals surface area contributed by atoms with Crippen molar-refractivity contribution in [2.45, 2.75) is 4.90 Å². The summed E-state index contributed by atoms with van der Waals surface area (Å²) < 4.78 is 52.0. The van der Waals surface area contributed by atoms with E-state index in [1.54, 1.807) is 19.0 Å². The lowest BCUT2D eigenvalue weighted by Crippen LogP contribution is -2.32. The number of nitrogens with zero attached hydrogens (tertiary/aromatic N) is 1. The molecule has 0 saturated carbocycles. The predicted octanol–water partition coefficient (Wildman–Crippen LogP) is 0.805. The lowest BCUT2D eigenvalue weighted by Gasteiger charge is -2.11. The molecule has 7 heteroatoms. The van der Waals surface area contributed by atoms with Crippen molar-refractivity contribution < 1.29 is 17.2 Å². The predicted molar refractivity (Wildman–Crippen MR) is 60.1 cm³/mol. The van der Waals surface area contributed by atoms with E-state index in [1.807, 2.05) is 0 Å². The largest absolute Gasteiger partial charge is 0.308 e. The first-order valence-corrected chi connectivity index (χ1v) is 6.41. The number of sulfonamides is 1. The third-order valence-corrected chi connectivity index (χ3v) is 3.55. The van der Waals surface area contributed by atoms with Gasteiger partial charge in [-0.05, 0) is 26.2 Å². The van der Waals surface area contributed by atoms with Crippen LogP contribution in [0.15, 0.2) is 23.1 Å². The van der Waals surface area contributed by atoms with Gasteiger partial charge in [0.05, 0.1) is 0 Å². The molecule has 0 unspecified atom stereocenters. The monoisotopic (exact) mass is 264 g/mol. The third kappa shape index (κ3) is 3.72. The van der Waals surface area contributed by atoms with Crippen molar-refractivity contribution in [1.29, 1.82) is 0 Å². The molecule has 0 spiro atoms. The van der Waals surface area contributed by atoms with Crippen LogP contribution in [0.1, 0.15) is 0 Å². The Balaban J connectivity index is 2.90. The normalized spacial score (nSPS) is 12.1. The van der Waals surface area contributed by atoms with Crippen molar-refractivity contribution in [1.82, 2.24) is 9.62 Å². The molecule has 0 aromatic heterocycles. The molecule has 0 aliphatic rings. The van der Waals surface area contributed by atoms with Gasteiger partial charge in [-0.3, -0.25) is 0 Å². The minimum atomic E-state index is -4.14. The molecule has 0 aliphatic heterocycles. The van der Waals surface area contributed by atoms with Crippen LogP contribution in [0.2, 0.25) is 0 Å². The van der Waals surface area contributed by atoms with Crippen molar-refractivity contribution in [3.8, 4) is 0 Å². The van der Waals surface area contributed by atoms with Crippen LogP contribution in [0, 0.1) is 11.6 Å². The van der Waals surface area contributed by atoms with Gasteiger partial charge in [0.1, 0.15) is 11.6 Å². The van der Waals surface area contributed by atoms with E-state index in [2.05, 4.69) is 4.72 Å². The van der Waals surface area contributed by atoms with Crippen molar-refractivity contribution >= 4 is 10.0 Å². The van der Waals surface area contributed by atoms with Gasteiger partial charge >= 0.3 is 0 Å². The minimum absolute atomic E-state index is 0.0864. The SMILES string of the molecule is CN(C)CCNS(=O)(=O)c1c(F)cccc1F. The quantitative estimate of drug-likeness (QED) is 0.856. The Morgan fingerprint density at radius 2 is 1.76 bits per heavy atom. The second kappa shape index (κ2) is 5.52. The van der Waals surface area contributed by atoms with Gasteiger partial charge in [-0.2, -0.15) is 0 Å². The molecule has 1 aromatic carbocycles. The van der Waals surface area contributed by atoms with E-state index in [9.17, 15) is 17.2 Å². The molecule has 0 fully saturated rings. The highest BCUT2D eigenvalue weighted by Gasteiger charge is 2.22. The van der Waals surface area contributed by atoms with Crippen LogP contribution in [0.5, 0.6) is 0 Å². The fourth-order valence-corrected chi connectivity index (χ4v) is 2.37. The summed E-state index contributed by atoms with van der Waals surface area (Å²) in [5.74, 6) is -2.19. The molecule has 1 N–H and O–H groups in total. The lowest BCUT2D eigenvalue weighted by molar-refractivity contribution is 0.411. The van der Waals surface area contributed by atoms with E-state index in [1.165, 1.54) is 0 Å². The molecule has 1 rings (SSSR count). The number of nitrogens with one attached hydrogen (secondary N) is 1.